The van der Waals surface area contributed by atoms with Crippen molar-refractivity contribution in [1.82, 2.24) is 0 Å². The van der Waals surface area contributed by atoms with Gasteiger partial charge in [-0.25, -0.2) is 8.78 Å². The molecule has 0 saturated heterocycles. The molecule has 0 heterocycles. The number of halogens is 4. The summed E-state index contributed by atoms with van der Waals surface area (Å²) in [4.78, 5) is 0. The van der Waals surface area contributed by atoms with Crippen LogP contribution in [0.25, 0.3) is 11.1 Å². The molecule has 2 saturated carbocycles. The zero-order valence-electron chi connectivity index (χ0n) is 24.9. The highest BCUT2D eigenvalue weighted by Gasteiger charge is 2.44. The first-order chi connectivity index (χ1) is 20.8. The molecule has 6 heteroatoms. The Kier molecular flexibility index (Phi) is 10.1. The Morgan fingerprint density at radius 3 is 2.05 bits per heavy atom. The Bertz CT molecular complexity index is 1400. The minimum absolute atomic E-state index is 0.137. The number of ether oxygens (including phenoxy) is 1. The predicted molar refractivity (Wildman–Crippen MR) is 162 cm³/mol. The van der Waals surface area contributed by atoms with Crippen LogP contribution in [0.4, 0.5) is 17.6 Å². The molecule has 3 aromatic rings. The zero-order chi connectivity index (χ0) is 30.4. The van der Waals surface area contributed by atoms with Crippen LogP contribution in [0.15, 0.2) is 60.7 Å². The van der Waals surface area contributed by atoms with E-state index >= 15 is 4.39 Å². The van der Waals surface area contributed by atoms with E-state index in [0.29, 0.717) is 24.3 Å². The standard InChI is InChI=1S/C37H41F4NO/c1-2-3-4-5-25-6-8-28(9-7-25)30-17-21-34(36(39)22-30)29-12-10-26(11-13-29)27-14-18-32(19-15-27)37(40,41)43-33-20-16-31(24-42)35(38)23-33/h10-13,16-17,20-23,25,27-28,32H,2-9,14-15,18-19H2,1H3. The van der Waals surface area contributed by atoms with E-state index in [2.05, 4.69) is 13.0 Å². The highest BCUT2D eigenvalue weighted by Crippen LogP contribution is 2.44. The van der Waals surface area contributed by atoms with Crippen molar-refractivity contribution in [1.29, 1.82) is 5.26 Å². The summed E-state index contributed by atoms with van der Waals surface area (Å²) in [5.41, 5.74) is 3.35. The maximum absolute atomic E-state index is 15.3. The van der Waals surface area contributed by atoms with Crippen molar-refractivity contribution < 1.29 is 22.3 Å². The summed E-state index contributed by atoms with van der Waals surface area (Å²) >= 11 is 0. The van der Waals surface area contributed by atoms with Gasteiger partial charge in [0.05, 0.1) is 11.5 Å². The van der Waals surface area contributed by atoms with Crippen LogP contribution in [0, 0.1) is 34.8 Å². The largest absolute Gasteiger partial charge is 0.432 e. The molecule has 0 aliphatic heterocycles. The van der Waals surface area contributed by atoms with E-state index < -0.39 is 17.8 Å². The van der Waals surface area contributed by atoms with Crippen molar-refractivity contribution in [3.05, 3.63) is 89.0 Å². The lowest BCUT2D eigenvalue weighted by Crippen LogP contribution is -2.37. The van der Waals surface area contributed by atoms with Crippen molar-refractivity contribution in [2.24, 2.45) is 11.8 Å². The Morgan fingerprint density at radius 2 is 1.42 bits per heavy atom. The van der Waals surface area contributed by atoms with Gasteiger partial charge < -0.3 is 4.74 Å². The zero-order valence-corrected chi connectivity index (χ0v) is 24.9. The molecule has 3 aromatic carbocycles. The molecule has 0 radical (unpaired) electrons. The number of hydrogen-bond donors (Lipinski definition) is 0. The molecule has 43 heavy (non-hydrogen) atoms. The van der Waals surface area contributed by atoms with Crippen LogP contribution in [-0.4, -0.2) is 6.11 Å². The molecule has 2 aliphatic rings. The van der Waals surface area contributed by atoms with E-state index in [4.69, 9.17) is 10.00 Å². The quantitative estimate of drug-likeness (QED) is 0.174. The van der Waals surface area contributed by atoms with Crippen LogP contribution in [0.1, 0.15) is 112 Å². The summed E-state index contributed by atoms with van der Waals surface area (Å²) in [6.45, 7) is 2.24. The number of nitriles is 1. The Labute approximate surface area is 253 Å². The van der Waals surface area contributed by atoms with E-state index in [1.807, 2.05) is 30.3 Å². The first-order valence-electron chi connectivity index (χ1n) is 15.9. The molecule has 0 N–H and O–H groups in total. The van der Waals surface area contributed by atoms with Crippen molar-refractivity contribution in [3.8, 4) is 22.9 Å². The molecule has 2 nitrogen and oxygen atoms in total. The highest BCUT2D eigenvalue weighted by molar-refractivity contribution is 5.65. The minimum Gasteiger partial charge on any atom is -0.432 e. The third-order valence-electron chi connectivity index (χ3n) is 9.74. The Hall–Kier alpha value is -3.33. The summed E-state index contributed by atoms with van der Waals surface area (Å²) < 4.78 is 63.8. The van der Waals surface area contributed by atoms with Gasteiger partial charge in [-0.2, -0.15) is 14.0 Å². The normalized spacial score (nSPS) is 22.6. The maximum Gasteiger partial charge on any atom is 0.400 e. The topological polar surface area (TPSA) is 33.0 Å². The monoisotopic (exact) mass is 591 g/mol. The summed E-state index contributed by atoms with van der Waals surface area (Å²) in [6.07, 6.45) is 8.24. The summed E-state index contributed by atoms with van der Waals surface area (Å²) in [7, 11) is 0. The fourth-order valence-electron chi connectivity index (χ4n) is 7.07. The van der Waals surface area contributed by atoms with Crippen LogP contribution in [-0.2, 0) is 0 Å². The molecule has 0 atom stereocenters. The van der Waals surface area contributed by atoms with Gasteiger partial charge in [-0.15, -0.1) is 0 Å². The van der Waals surface area contributed by atoms with E-state index in [1.165, 1.54) is 44.6 Å². The molecule has 2 fully saturated rings. The van der Waals surface area contributed by atoms with Gasteiger partial charge in [0.2, 0.25) is 0 Å². The molecule has 0 unspecified atom stereocenters. The Balaban J connectivity index is 1.14. The number of nitrogens with zero attached hydrogens (tertiary/aromatic N) is 1. The van der Waals surface area contributed by atoms with Crippen LogP contribution in [0.2, 0.25) is 0 Å². The molecule has 2 aliphatic carbocycles. The van der Waals surface area contributed by atoms with Gasteiger partial charge in [0.25, 0.3) is 0 Å². The molecule has 0 bridgehead atoms. The van der Waals surface area contributed by atoms with E-state index in [1.54, 1.807) is 12.1 Å². The molecule has 0 amide bonds. The third kappa shape index (κ3) is 7.61. The lowest BCUT2D eigenvalue weighted by atomic mass is 9.76. The predicted octanol–water partition coefficient (Wildman–Crippen LogP) is 11.3. The maximum atomic E-state index is 15.3. The van der Waals surface area contributed by atoms with Crippen molar-refractivity contribution in [3.63, 3.8) is 0 Å². The van der Waals surface area contributed by atoms with Crippen molar-refractivity contribution in [2.45, 2.75) is 102 Å². The fraction of sp³-hybridized carbons (Fsp3) is 0.486. The average molecular weight is 592 g/mol. The summed E-state index contributed by atoms with van der Waals surface area (Å²) in [5.74, 6) is -0.945. The van der Waals surface area contributed by atoms with Gasteiger partial charge in [-0.3, -0.25) is 0 Å². The summed E-state index contributed by atoms with van der Waals surface area (Å²) in [5, 5.41) is 8.84. The number of alkyl halides is 2. The van der Waals surface area contributed by atoms with Crippen LogP contribution in [0.3, 0.4) is 0 Å². The van der Waals surface area contributed by atoms with Gasteiger partial charge >= 0.3 is 6.11 Å². The number of hydrogen-bond acceptors (Lipinski definition) is 2. The lowest BCUT2D eigenvalue weighted by molar-refractivity contribution is -0.222. The van der Waals surface area contributed by atoms with Gasteiger partial charge in [0, 0.05) is 11.6 Å². The molecule has 0 aromatic heterocycles. The molecular formula is C37H41F4NO. The molecule has 5 rings (SSSR count). The van der Waals surface area contributed by atoms with Gasteiger partial charge in [-0.05, 0) is 104 Å². The number of benzene rings is 3. The van der Waals surface area contributed by atoms with E-state index in [-0.39, 0.29) is 35.9 Å². The van der Waals surface area contributed by atoms with Crippen molar-refractivity contribution >= 4 is 0 Å². The molecular weight excluding hydrogens is 550 g/mol. The van der Waals surface area contributed by atoms with E-state index in [9.17, 15) is 13.2 Å². The van der Waals surface area contributed by atoms with Crippen molar-refractivity contribution in [2.75, 3.05) is 0 Å². The first-order valence-corrected chi connectivity index (χ1v) is 15.9. The second-order valence-electron chi connectivity index (χ2n) is 12.5. The minimum atomic E-state index is -3.44. The second-order valence-corrected chi connectivity index (χ2v) is 12.5. The van der Waals surface area contributed by atoms with Gasteiger partial charge in [-0.1, -0.05) is 69.0 Å². The second kappa shape index (κ2) is 14.0. The van der Waals surface area contributed by atoms with E-state index in [0.717, 1.165) is 47.6 Å². The molecule has 228 valence electrons. The first kappa shape index (κ1) is 31.1. The lowest BCUT2D eigenvalue weighted by Gasteiger charge is -2.33. The number of rotatable bonds is 10. The van der Waals surface area contributed by atoms with Crippen LogP contribution >= 0.6 is 0 Å². The van der Waals surface area contributed by atoms with Crippen LogP contribution in [0.5, 0.6) is 5.75 Å². The Morgan fingerprint density at radius 1 is 0.767 bits per heavy atom. The fourth-order valence-corrected chi connectivity index (χ4v) is 7.07. The SMILES string of the molecule is CCCCCC1CCC(c2ccc(-c3ccc(C4CCC(C(F)(F)Oc5ccc(C#N)c(F)c5)CC4)cc3)c(F)c2)CC1. The smallest absolute Gasteiger partial charge is 0.400 e. The van der Waals surface area contributed by atoms with Gasteiger partial charge in [0.15, 0.2) is 0 Å². The third-order valence-corrected chi connectivity index (χ3v) is 9.74. The summed E-state index contributed by atoms with van der Waals surface area (Å²) in [6, 6.07) is 18.4. The highest BCUT2D eigenvalue weighted by atomic mass is 19.3. The molecule has 0 spiro atoms. The number of unbranched alkanes of at least 4 members (excludes halogenated alkanes) is 2. The average Bonchev–Trinajstić information content (AvgIpc) is 3.02. The van der Waals surface area contributed by atoms with Crippen LogP contribution < -0.4 is 4.74 Å². The van der Waals surface area contributed by atoms with Gasteiger partial charge in [0.1, 0.15) is 23.5 Å².